The van der Waals surface area contributed by atoms with Crippen LogP contribution in [0.2, 0.25) is 0 Å². The van der Waals surface area contributed by atoms with E-state index in [4.69, 9.17) is 14.7 Å². The van der Waals surface area contributed by atoms with Crippen LogP contribution in [0.4, 0.5) is 0 Å². The van der Waals surface area contributed by atoms with Gasteiger partial charge in [-0.1, -0.05) is 13.0 Å². The number of ether oxygens (including phenoxy) is 2. The van der Waals surface area contributed by atoms with E-state index in [2.05, 4.69) is 12.2 Å². The zero-order valence-corrected chi connectivity index (χ0v) is 11.0. The van der Waals surface area contributed by atoms with Crippen molar-refractivity contribution >= 4 is 0 Å². The molecule has 0 aliphatic rings. The highest BCUT2D eigenvalue weighted by molar-refractivity contribution is 5.43. The number of nitriles is 1. The fourth-order valence-electron chi connectivity index (χ4n) is 1.57. The molecule has 1 rings (SSSR count). The molecule has 98 valence electrons. The molecule has 4 heteroatoms. The van der Waals surface area contributed by atoms with Gasteiger partial charge in [-0.15, -0.1) is 0 Å². The molecule has 0 saturated carbocycles. The number of rotatable bonds is 8. The van der Waals surface area contributed by atoms with Crippen molar-refractivity contribution in [3.8, 4) is 17.6 Å². The summed E-state index contributed by atoms with van der Waals surface area (Å²) in [7, 11) is 0. The van der Waals surface area contributed by atoms with E-state index in [9.17, 15) is 0 Å². The Balaban J connectivity index is 2.72. The molecule has 0 spiro atoms. The summed E-state index contributed by atoms with van der Waals surface area (Å²) in [6, 6.07) is 7.75. The Hall–Kier alpha value is -1.73. The van der Waals surface area contributed by atoms with Gasteiger partial charge in [-0.05, 0) is 37.6 Å². The Morgan fingerprint density at radius 2 is 2.06 bits per heavy atom. The molecular formula is C14H20N2O2. The molecule has 0 aliphatic heterocycles. The highest BCUT2D eigenvalue weighted by Gasteiger charge is 2.06. The van der Waals surface area contributed by atoms with Crippen molar-refractivity contribution in [3.63, 3.8) is 0 Å². The lowest BCUT2D eigenvalue weighted by Crippen LogP contribution is -2.13. The zero-order chi connectivity index (χ0) is 13.2. The van der Waals surface area contributed by atoms with Gasteiger partial charge in [0.2, 0.25) is 0 Å². The van der Waals surface area contributed by atoms with E-state index < -0.39 is 0 Å². The molecule has 0 radical (unpaired) electrons. The molecule has 0 aliphatic carbocycles. The third-order valence-electron chi connectivity index (χ3n) is 2.36. The van der Waals surface area contributed by atoms with Crippen molar-refractivity contribution < 1.29 is 9.47 Å². The van der Waals surface area contributed by atoms with Crippen molar-refractivity contribution in [2.24, 2.45) is 0 Å². The van der Waals surface area contributed by atoms with Crippen LogP contribution in [0.1, 0.15) is 25.8 Å². The van der Waals surface area contributed by atoms with Crippen LogP contribution in [-0.2, 0) is 6.54 Å². The van der Waals surface area contributed by atoms with Crippen LogP contribution in [0, 0.1) is 11.3 Å². The maximum atomic E-state index is 8.52. The minimum atomic E-state index is 0.0352. The summed E-state index contributed by atoms with van der Waals surface area (Å²) in [5, 5.41) is 11.9. The predicted molar refractivity (Wildman–Crippen MR) is 70.7 cm³/mol. The Kier molecular flexibility index (Phi) is 6.67. The van der Waals surface area contributed by atoms with Gasteiger partial charge in [0.05, 0.1) is 6.61 Å². The molecule has 0 unspecified atom stereocenters. The monoisotopic (exact) mass is 248 g/mol. The Bertz CT molecular complexity index is 399. The third-order valence-corrected chi connectivity index (χ3v) is 2.36. The van der Waals surface area contributed by atoms with Crippen LogP contribution in [0.3, 0.4) is 0 Å². The molecule has 1 aromatic rings. The second-order valence-electron chi connectivity index (χ2n) is 3.84. The molecule has 18 heavy (non-hydrogen) atoms. The van der Waals surface area contributed by atoms with E-state index in [0.29, 0.717) is 18.1 Å². The minimum absolute atomic E-state index is 0.0352. The van der Waals surface area contributed by atoms with Crippen LogP contribution in [0.15, 0.2) is 18.2 Å². The predicted octanol–water partition coefficient (Wildman–Crippen LogP) is 2.49. The van der Waals surface area contributed by atoms with Gasteiger partial charge in [-0.2, -0.15) is 5.26 Å². The number of nitrogens with zero attached hydrogens (tertiary/aromatic N) is 1. The standard InChI is InChI=1S/C14H20N2O2/c1-3-8-16-11-12-5-6-13(18-9-7-15)14(10-12)17-4-2/h5-6,10,16H,3-4,8-9,11H2,1-2H3. The second kappa shape index (κ2) is 8.37. The van der Waals surface area contributed by atoms with Gasteiger partial charge in [0.1, 0.15) is 6.07 Å². The van der Waals surface area contributed by atoms with Crippen LogP contribution < -0.4 is 14.8 Å². The molecule has 0 fully saturated rings. The van der Waals surface area contributed by atoms with Crippen LogP contribution in [-0.4, -0.2) is 19.8 Å². The number of benzene rings is 1. The van der Waals surface area contributed by atoms with Gasteiger partial charge in [0, 0.05) is 6.54 Å². The summed E-state index contributed by atoms with van der Waals surface area (Å²) in [6.45, 7) is 6.49. The number of hydrogen-bond donors (Lipinski definition) is 1. The van der Waals surface area contributed by atoms with Gasteiger partial charge in [0.15, 0.2) is 18.1 Å². The van der Waals surface area contributed by atoms with Crippen LogP contribution in [0.25, 0.3) is 0 Å². The smallest absolute Gasteiger partial charge is 0.174 e. The van der Waals surface area contributed by atoms with Gasteiger partial charge >= 0.3 is 0 Å². The Labute approximate surface area is 109 Å². The SMILES string of the molecule is CCCNCc1ccc(OCC#N)c(OCC)c1. The van der Waals surface area contributed by atoms with Crippen molar-refractivity contribution in [1.29, 1.82) is 5.26 Å². The third kappa shape index (κ3) is 4.64. The van der Waals surface area contributed by atoms with E-state index in [0.717, 1.165) is 25.1 Å². The van der Waals surface area contributed by atoms with E-state index in [1.54, 1.807) is 0 Å². The van der Waals surface area contributed by atoms with Gasteiger partial charge in [0.25, 0.3) is 0 Å². The van der Waals surface area contributed by atoms with E-state index in [1.165, 1.54) is 0 Å². The van der Waals surface area contributed by atoms with Crippen LogP contribution in [0.5, 0.6) is 11.5 Å². The first-order valence-electron chi connectivity index (χ1n) is 6.28. The molecule has 0 saturated heterocycles. The minimum Gasteiger partial charge on any atom is -0.490 e. The maximum Gasteiger partial charge on any atom is 0.174 e. The molecule has 0 heterocycles. The van der Waals surface area contributed by atoms with E-state index in [1.807, 2.05) is 31.2 Å². The summed E-state index contributed by atoms with van der Waals surface area (Å²) in [6.07, 6.45) is 1.11. The number of nitrogens with one attached hydrogen (secondary N) is 1. The molecule has 0 aromatic heterocycles. The van der Waals surface area contributed by atoms with Crippen molar-refractivity contribution in [3.05, 3.63) is 23.8 Å². The fraction of sp³-hybridized carbons (Fsp3) is 0.500. The summed E-state index contributed by atoms with van der Waals surface area (Å²) in [4.78, 5) is 0. The Morgan fingerprint density at radius 1 is 1.22 bits per heavy atom. The molecular weight excluding hydrogens is 228 g/mol. The highest BCUT2D eigenvalue weighted by Crippen LogP contribution is 2.28. The molecule has 1 aromatic carbocycles. The van der Waals surface area contributed by atoms with Gasteiger partial charge in [-0.25, -0.2) is 0 Å². The summed E-state index contributed by atoms with van der Waals surface area (Å²) in [5.74, 6) is 1.32. The number of hydrogen-bond acceptors (Lipinski definition) is 4. The topological polar surface area (TPSA) is 54.3 Å². The first kappa shape index (κ1) is 14.3. The Morgan fingerprint density at radius 3 is 2.72 bits per heavy atom. The fourth-order valence-corrected chi connectivity index (χ4v) is 1.57. The molecule has 1 N–H and O–H groups in total. The van der Waals surface area contributed by atoms with Crippen molar-refractivity contribution in [2.45, 2.75) is 26.8 Å². The molecule has 0 amide bonds. The highest BCUT2D eigenvalue weighted by atomic mass is 16.5. The second-order valence-corrected chi connectivity index (χ2v) is 3.84. The largest absolute Gasteiger partial charge is 0.490 e. The average molecular weight is 248 g/mol. The van der Waals surface area contributed by atoms with Crippen LogP contribution >= 0.6 is 0 Å². The van der Waals surface area contributed by atoms with E-state index >= 15 is 0 Å². The summed E-state index contributed by atoms with van der Waals surface area (Å²) < 4.78 is 10.8. The average Bonchev–Trinajstić information content (AvgIpc) is 2.38. The lowest BCUT2D eigenvalue weighted by Gasteiger charge is -2.12. The molecule has 4 nitrogen and oxygen atoms in total. The van der Waals surface area contributed by atoms with Gasteiger partial charge < -0.3 is 14.8 Å². The summed E-state index contributed by atoms with van der Waals surface area (Å²) in [5.41, 5.74) is 1.15. The van der Waals surface area contributed by atoms with Crippen molar-refractivity contribution in [1.82, 2.24) is 5.32 Å². The first-order chi connectivity index (χ1) is 8.81. The maximum absolute atomic E-state index is 8.52. The quantitative estimate of drug-likeness (QED) is 0.718. The van der Waals surface area contributed by atoms with Gasteiger partial charge in [-0.3, -0.25) is 0 Å². The van der Waals surface area contributed by atoms with Crippen molar-refractivity contribution in [2.75, 3.05) is 19.8 Å². The molecule has 0 atom stereocenters. The zero-order valence-electron chi connectivity index (χ0n) is 11.0. The lowest BCUT2D eigenvalue weighted by atomic mass is 10.2. The summed E-state index contributed by atoms with van der Waals surface area (Å²) >= 11 is 0. The molecule has 0 bridgehead atoms. The first-order valence-corrected chi connectivity index (χ1v) is 6.28. The lowest BCUT2D eigenvalue weighted by molar-refractivity contribution is 0.298. The van der Waals surface area contributed by atoms with E-state index in [-0.39, 0.29) is 6.61 Å². The normalized spacial score (nSPS) is 9.83.